The Morgan fingerprint density at radius 3 is 2.62 bits per heavy atom. The first kappa shape index (κ1) is 8.74. The maximum Gasteiger partial charge on any atom is 0.0406 e. The number of hydrogen-bond donors (Lipinski definition) is 0. The Balaban J connectivity index is 2.04. The van der Waals surface area contributed by atoms with Crippen LogP contribution in [0.15, 0.2) is 18.3 Å². The van der Waals surface area contributed by atoms with Crippen LogP contribution in [0.4, 0.5) is 0 Å². The lowest BCUT2D eigenvalue weighted by Gasteiger charge is -2.05. The number of pyridine rings is 1. The zero-order chi connectivity index (χ0) is 9.26. The summed E-state index contributed by atoms with van der Waals surface area (Å²) in [4.78, 5) is 4.48. The largest absolute Gasteiger partial charge is 0.261 e. The van der Waals surface area contributed by atoms with Gasteiger partial charge in [0.2, 0.25) is 0 Å². The van der Waals surface area contributed by atoms with E-state index in [9.17, 15) is 0 Å². The van der Waals surface area contributed by atoms with E-state index < -0.39 is 0 Å². The van der Waals surface area contributed by atoms with Crippen molar-refractivity contribution in [1.29, 1.82) is 0 Å². The SMILES string of the molecule is CC(C)c1ccc(CC2CC2)nc1. The molecule has 1 aromatic rings. The minimum Gasteiger partial charge on any atom is -0.261 e. The first-order valence-electron chi connectivity index (χ1n) is 5.20. The van der Waals surface area contributed by atoms with E-state index in [0.29, 0.717) is 5.92 Å². The van der Waals surface area contributed by atoms with Gasteiger partial charge in [-0.1, -0.05) is 19.9 Å². The first-order valence-corrected chi connectivity index (χ1v) is 5.20. The molecule has 0 aliphatic heterocycles. The van der Waals surface area contributed by atoms with E-state index in [1.807, 2.05) is 6.20 Å². The summed E-state index contributed by atoms with van der Waals surface area (Å²) in [5.74, 6) is 1.54. The zero-order valence-corrected chi connectivity index (χ0v) is 8.46. The van der Waals surface area contributed by atoms with Crippen molar-refractivity contribution in [3.63, 3.8) is 0 Å². The topological polar surface area (TPSA) is 12.9 Å². The molecular weight excluding hydrogens is 158 g/mol. The third-order valence-corrected chi connectivity index (χ3v) is 2.71. The second-order valence-electron chi connectivity index (χ2n) is 4.39. The van der Waals surface area contributed by atoms with Gasteiger partial charge in [0.15, 0.2) is 0 Å². The molecule has 1 saturated carbocycles. The number of nitrogens with zero attached hydrogens (tertiary/aromatic N) is 1. The fourth-order valence-electron chi connectivity index (χ4n) is 1.52. The monoisotopic (exact) mass is 175 g/mol. The number of aromatic nitrogens is 1. The summed E-state index contributed by atoms with van der Waals surface area (Å²) in [5.41, 5.74) is 2.62. The van der Waals surface area contributed by atoms with E-state index in [-0.39, 0.29) is 0 Å². The fraction of sp³-hybridized carbons (Fsp3) is 0.583. The minimum atomic E-state index is 0.600. The van der Waals surface area contributed by atoms with Crippen molar-refractivity contribution in [2.45, 2.75) is 39.0 Å². The third-order valence-electron chi connectivity index (χ3n) is 2.71. The molecule has 70 valence electrons. The molecule has 0 unspecified atom stereocenters. The summed E-state index contributed by atoms with van der Waals surface area (Å²) in [7, 11) is 0. The highest BCUT2D eigenvalue weighted by molar-refractivity contribution is 5.17. The Morgan fingerprint density at radius 1 is 1.38 bits per heavy atom. The average molecular weight is 175 g/mol. The molecular formula is C12H17N. The summed E-state index contributed by atoms with van der Waals surface area (Å²) in [6.07, 6.45) is 6.04. The van der Waals surface area contributed by atoms with Crippen molar-refractivity contribution in [2.75, 3.05) is 0 Å². The molecule has 0 atom stereocenters. The van der Waals surface area contributed by atoms with Gasteiger partial charge in [0, 0.05) is 11.9 Å². The third kappa shape index (κ3) is 2.30. The molecule has 1 fully saturated rings. The normalized spacial score (nSPS) is 16.5. The molecule has 1 heterocycles. The summed E-state index contributed by atoms with van der Waals surface area (Å²) >= 11 is 0. The standard InChI is InChI=1S/C12H17N/c1-9(2)11-5-6-12(13-8-11)7-10-3-4-10/h5-6,8-10H,3-4,7H2,1-2H3. The van der Waals surface area contributed by atoms with Crippen LogP contribution >= 0.6 is 0 Å². The summed E-state index contributed by atoms with van der Waals surface area (Å²) in [5, 5.41) is 0. The molecule has 2 rings (SSSR count). The Labute approximate surface area is 80.2 Å². The van der Waals surface area contributed by atoms with Gasteiger partial charge in [-0.05, 0) is 42.7 Å². The fourth-order valence-corrected chi connectivity index (χ4v) is 1.52. The van der Waals surface area contributed by atoms with E-state index in [2.05, 4.69) is 31.0 Å². The van der Waals surface area contributed by atoms with Crippen LogP contribution in [0.5, 0.6) is 0 Å². The summed E-state index contributed by atoms with van der Waals surface area (Å²) < 4.78 is 0. The molecule has 1 aromatic heterocycles. The molecule has 0 bridgehead atoms. The van der Waals surface area contributed by atoms with E-state index in [1.54, 1.807) is 0 Å². The van der Waals surface area contributed by atoms with Crippen LogP contribution in [-0.4, -0.2) is 4.98 Å². The van der Waals surface area contributed by atoms with E-state index in [1.165, 1.54) is 30.5 Å². The van der Waals surface area contributed by atoms with Crippen LogP contribution in [-0.2, 0) is 6.42 Å². The van der Waals surface area contributed by atoms with Gasteiger partial charge in [0.1, 0.15) is 0 Å². The van der Waals surface area contributed by atoms with Crippen molar-refractivity contribution in [3.05, 3.63) is 29.6 Å². The first-order chi connectivity index (χ1) is 6.25. The highest BCUT2D eigenvalue weighted by Gasteiger charge is 2.21. The number of hydrogen-bond acceptors (Lipinski definition) is 1. The highest BCUT2D eigenvalue weighted by Crippen LogP contribution is 2.32. The smallest absolute Gasteiger partial charge is 0.0406 e. The van der Waals surface area contributed by atoms with E-state index in [4.69, 9.17) is 0 Å². The van der Waals surface area contributed by atoms with Gasteiger partial charge in [-0.3, -0.25) is 4.98 Å². The molecule has 0 aromatic carbocycles. The molecule has 0 radical (unpaired) electrons. The van der Waals surface area contributed by atoms with Crippen molar-refractivity contribution >= 4 is 0 Å². The van der Waals surface area contributed by atoms with Crippen molar-refractivity contribution in [1.82, 2.24) is 4.98 Å². The Hall–Kier alpha value is -0.850. The van der Waals surface area contributed by atoms with Crippen LogP contribution in [0.2, 0.25) is 0 Å². The van der Waals surface area contributed by atoms with Crippen LogP contribution in [0, 0.1) is 5.92 Å². The molecule has 1 heteroatoms. The molecule has 1 nitrogen and oxygen atoms in total. The Morgan fingerprint density at radius 2 is 2.15 bits per heavy atom. The Bertz CT molecular complexity index is 270. The van der Waals surface area contributed by atoms with Crippen LogP contribution in [0.25, 0.3) is 0 Å². The number of rotatable bonds is 3. The van der Waals surface area contributed by atoms with Gasteiger partial charge < -0.3 is 0 Å². The lowest BCUT2D eigenvalue weighted by Crippen LogP contribution is -1.94. The van der Waals surface area contributed by atoms with Crippen molar-refractivity contribution in [2.24, 2.45) is 5.92 Å². The molecule has 0 amide bonds. The maximum absolute atomic E-state index is 4.48. The minimum absolute atomic E-state index is 0.600. The predicted molar refractivity (Wildman–Crippen MR) is 54.8 cm³/mol. The Kier molecular flexibility index (Phi) is 2.34. The molecule has 0 saturated heterocycles. The van der Waals surface area contributed by atoms with Gasteiger partial charge in [0.05, 0.1) is 0 Å². The van der Waals surface area contributed by atoms with Crippen LogP contribution in [0.1, 0.15) is 43.9 Å². The van der Waals surface area contributed by atoms with Gasteiger partial charge in [0.25, 0.3) is 0 Å². The maximum atomic E-state index is 4.48. The van der Waals surface area contributed by atoms with E-state index in [0.717, 1.165) is 5.92 Å². The predicted octanol–water partition coefficient (Wildman–Crippen LogP) is 3.16. The van der Waals surface area contributed by atoms with Crippen molar-refractivity contribution in [3.8, 4) is 0 Å². The molecule has 13 heavy (non-hydrogen) atoms. The molecule has 0 spiro atoms. The lowest BCUT2D eigenvalue weighted by molar-refractivity contribution is 0.792. The second-order valence-corrected chi connectivity index (χ2v) is 4.39. The lowest BCUT2D eigenvalue weighted by atomic mass is 10.1. The molecule has 0 N–H and O–H groups in total. The molecule has 1 aliphatic rings. The van der Waals surface area contributed by atoms with Gasteiger partial charge >= 0.3 is 0 Å². The summed E-state index contributed by atoms with van der Waals surface area (Å²) in [6, 6.07) is 4.41. The van der Waals surface area contributed by atoms with Crippen LogP contribution < -0.4 is 0 Å². The van der Waals surface area contributed by atoms with Gasteiger partial charge in [-0.25, -0.2) is 0 Å². The highest BCUT2D eigenvalue weighted by atomic mass is 14.7. The van der Waals surface area contributed by atoms with E-state index >= 15 is 0 Å². The van der Waals surface area contributed by atoms with Crippen molar-refractivity contribution < 1.29 is 0 Å². The average Bonchev–Trinajstić information content (AvgIpc) is 2.89. The van der Waals surface area contributed by atoms with Gasteiger partial charge in [-0.2, -0.15) is 0 Å². The quantitative estimate of drug-likeness (QED) is 0.687. The van der Waals surface area contributed by atoms with Crippen LogP contribution in [0.3, 0.4) is 0 Å². The zero-order valence-electron chi connectivity index (χ0n) is 8.46. The molecule has 1 aliphatic carbocycles. The second kappa shape index (κ2) is 3.49. The van der Waals surface area contributed by atoms with Gasteiger partial charge in [-0.15, -0.1) is 0 Å². The summed E-state index contributed by atoms with van der Waals surface area (Å²) in [6.45, 7) is 4.41.